The van der Waals surface area contributed by atoms with E-state index in [9.17, 15) is 0 Å². The molecule has 0 saturated heterocycles. The number of benzene rings is 2. The molecule has 0 unspecified atom stereocenters. The highest BCUT2D eigenvalue weighted by molar-refractivity contribution is 6.28. The van der Waals surface area contributed by atoms with Gasteiger partial charge in [-0.25, -0.2) is 9.67 Å². The van der Waals surface area contributed by atoms with Crippen LogP contribution < -0.4 is 0 Å². The lowest BCUT2D eigenvalue weighted by Crippen LogP contribution is -2.03. The van der Waals surface area contributed by atoms with E-state index in [4.69, 9.17) is 11.6 Å². The van der Waals surface area contributed by atoms with Crippen LogP contribution in [0.3, 0.4) is 0 Å². The van der Waals surface area contributed by atoms with Crippen molar-refractivity contribution in [3.63, 3.8) is 0 Å². The number of unbranched alkanes of at least 4 members (excludes halogenated alkanes) is 1. The minimum Gasteiger partial charge on any atom is -0.232 e. The fourth-order valence-electron chi connectivity index (χ4n) is 3.14. The second-order valence-electron chi connectivity index (χ2n) is 6.98. The third-order valence-corrected chi connectivity index (χ3v) is 5.03. The number of H-pyrrole nitrogens is 1. The number of halogens is 1. The third kappa shape index (κ3) is 4.86. The Morgan fingerprint density at radius 1 is 0.966 bits per heavy atom. The van der Waals surface area contributed by atoms with Crippen LogP contribution in [0.5, 0.6) is 0 Å². The number of aromatic nitrogens is 7. The van der Waals surface area contributed by atoms with Crippen molar-refractivity contribution in [2.75, 3.05) is 0 Å². The van der Waals surface area contributed by atoms with Crippen molar-refractivity contribution in [3.8, 4) is 11.4 Å². The number of tetrazole rings is 1. The average molecular weight is 408 g/mol. The molecule has 0 radical (unpaired) electrons. The Morgan fingerprint density at radius 2 is 1.66 bits per heavy atom. The van der Waals surface area contributed by atoms with Gasteiger partial charge >= 0.3 is 0 Å². The molecule has 0 aliphatic rings. The maximum Gasteiger partial charge on any atom is 0.221 e. The number of hydrogen-bond acceptors (Lipinski definition) is 5. The zero-order valence-electron chi connectivity index (χ0n) is 16.2. The molecule has 0 bridgehead atoms. The van der Waals surface area contributed by atoms with Gasteiger partial charge in [-0.2, -0.15) is 10.3 Å². The Hall–Kier alpha value is -3.06. The average Bonchev–Trinajstić information content (AvgIpc) is 3.39. The minimum absolute atomic E-state index is 0.446. The van der Waals surface area contributed by atoms with Gasteiger partial charge in [-0.1, -0.05) is 61.9 Å². The van der Waals surface area contributed by atoms with Crippen LogP contribution in [0.4, 0.5) is 0 Å². The maximum absolute atomic E-state index is 6.24. The van der Waals surface area contributed by atoms with Gasteiger partial charge < -0.3 is 0 Å². The lowest BCUT2D eigenvalue weighted by molar-refractivity contribution is 0.661. The van der Waals surface area contributed by atoms with Gasteiger partial charge in [-0.3, -0.25) is 0 Å². The third-order valence-electron chi connectivity index (χ3n) is 4.75. The van der Waals surface area contributed by atoms with E-state index in [0.29, 0.717) is 17.7 Å². The van der Waals surface area contributed by atoms with E-state index in [2.05, 4.69) is 74.0 Å². The van der Waals surface area contributed by atoms with Crippen molar-refractivity contribution in [2.24, 2.45) is 0 Å². The molecule has 7 nitrogen and oxygen atoms in total. The summed E-state index contributed by atoms with van der Waals surface area (Å²) >= 11 is 6.24. The van der Waals surface area contributed by atoms with Gasteiger partial charge in [0.05, 0.1) is 6.54 Å². The van der Waals surface area contributed by atoms with Crippen molar-refractivity contribution in [1.29, 1.82) is 0 Å². The first-order valence-electron chi connectivity index (χ1n) is 9.71. The number of nitrogens with one attached hydrogen (secondary N) is 1. The maximum atomic E-state index is 6.24. The predicted molar refractivity (Wildman–Crippen MR) is 112 cm³/mol. The van der Waals surface area contributed by atoms with Crippen LogP contribution in [0.1, 0.15) is 42.3 Å². The van der Waals surface area contributed by atoms with Crippen molar-refractivity contribution in [3.05, 3.63) is 76.3 Å². The highest BCUT2D eigenvalue weighted by Crippen LogP contribution is 2.17. The predicted octanol–water partition coefficient (Wildman–Crippen LogP) is 4.09. The van der Waals surface area contributed by atoms with Gasteiger partial charge in [0.25, 0.3) is 0 Å². The van der Waals surface area contributed by atoms with Crippen LogP contribution >= 0.6 is 11.6 Å². The molecule has 4 rings (SSSR count). The Balaban J connectivity index is 1.38. The molecule has 29 heavy (non-hydrogen) atoms. The van der Waals surface area contributed by atoms with Gasteiger partial charge in [0.2, 0.25) is 11.1 Å². The molecule has 0 amide bonds. The van der Waals surface area contributed by atoms with E-state index in [1.54, 1.807) is 4.68 Å². The summed E-state index contributed by atoms with van der Waals surface area (Å²) in [5, 5.41) is 19.0. The standard InChI is InChI=1S/C21H22ClN7/c1-2-3-4-19-23-21(22)29(26-19)14-17-7-5-15(6-8-17)13-16-9-11-18(12-10-16)20-24-27-28-25-20/h5-12H,2-4,13-14H2,1H3,(H,24,25,27,28). The molecule has 0 saturated carbocycles. The number of rotatable bonds is 8. The second-order valence-corrected chi connectivity index (χ2v) is 7.32. The highest BCUT2D eigenvalue weighted by Gasteiger charge is 2.08. The van der Waals surface area contributed by atoms with E-state index in [0.717, 1.165) is 42.6 Å². The molecule has 2 aromatic carbocycles. The van der Waals surface area contributed by atoms with Crippen LogP contribution in [-0.4, -0.2) is 35.4 Å². The van der Waals surface area contributed by atoms with E-state index < -0.39 is 0 Å². The Bertz CT molecular complexity index is 1040. The van der Waals surface area contributed by atoms with Gasteiger partial charge in [0.1, 0.15) is 0 Å². The van der Waals surface area contributed by atoms with Crippen LogP contribution in [-0.2, 0) is 19.4 Å². The van der Waals surface area contributed by atoms with Gasteiger partial charge in [0.15, 0.2) is 5.82 Å². The zero-order chi connectivity index (χ0) is 20.1. The molecule has 0 spiro atoms. The number of aromatic amines is 1. The molecule has 1 N–H and O–H groups in total. The van der Waals surface area contributed by atoms with E-state index >= 15 is 0 Å². The molecule has 0 aliphatic heterocycles. The lowest BCUT2D eigenvalue weighted by atomic mass is 10.0. The van der Waals surface area contributed by atoms with E-state index in [1.165, 1.54) is 11.1 Å². The SMILES string of the molecule is CCCCc1nc(Cl)n(Cc2ccc(Cc3ccc(-c4nn[nH]n4)cc3)cc2)n1. The minimum atomic E-state index is 0.446. The molecule has 0 atom stereocenters. The van der Waals surface area contributed by atoms with Crippen molar-refractivity contribution in [1.82, 2.24) is 35.4 Å². The summed E-state index contributed by atoms with van der Waals surface area (Å²) in [5.74, 6) is 1.42. The van der Waals surface area contributed by atoms with Gasteiger partial charge in [-0.15, -0.1) is 10.2 Å². The quantitative estimate of drug-likeness (QED) is 0.475. The number of aryl methyl sites for hydroxylation is 1. The topological polar surface area (TPSA) is 85.2 Å². The summed E-state index contributed by atoms with van der Waals surface area (Å²) in [6.07, 6.45) is 3.92. The fourth-order valence-corrected chi connectivity index (χ4v) is 3.33. The summed E-state index contributed by atoms with van der Waals surface area (Å²) in [5.41, 5.74) is 4.56. The van der Waals surface area contributed by atoms with Crippen LogP contribution in [0.2, 0.25) is 5.28 Å². The Kier molecular flexibility index (Phi) is 5.95. The van der Waals surface area contributed by atoms with Crippen molar-refractivity contribution >= 4 is 11.6 Å². The lowest BCUT2D eigenvalue weighted by Gasteiger charge is -2.06. The number of nitrogens with zero attached hydrogens (tertiary/aromatic N) is 6. The van der Waals surface area contributed by atoms with Gasteiger partial charge in [0, 0.05) is 12.0 Å². The molecular weight excluding hydrogens is 386 g/mol. The van der Waals surface area contributed by atoms with Crippen molar-refractivity contribution in [2.45, 2.75) is 39.2 Å². The number of hydrogen-bond donors (Lipinski definition) is 1. The first-order valence-corrected chi connectivity index (χ1v) is 10.1. The first kappa shape index (κ1) is 19.3. The molecule has 4 aromatic rings. The van der Waals surface area contributed by atoms with Crippen LogP contribution in [0.15, 0.2) is 48.5 Å². The van der Waals surface area contributed by atoms with Crippen molar-refractivity contribution < 1.29 is 0 Å². The second kappa shape index (κ2) is 8.96. The Morgan fingerprint density at radius 3 is 2.31 bits per heavy atom. The normalized spacial score (nSPS) is 11.1. The monoisotopic (exact) mass is 407 g/mol. The summed E-state index contributed by atoms with van der Waals surface area (Å²) in [7, 11) is 0. The van der Waals surface area contributed by atoms with E-state index in [1.807, 2.05) is 12.1 Å². The fraction of sp³-hybridized carbons (Fsp3) is 0.286. The Labute approximate surface area is 174 Å². The molecule has 2 heterocycles. The van der Waals surface area contributed by atoms with Crippen LogP contribution in [0, 0.1) is 0 Å². The molecule has 2 aromatic heterocycles. The summed E-state index contributed by atoms with van der Waals surface area (Å²) in [6, 6.07) is 16.7. The molecule has 8 heteroatoms. The largest absolute Gasteiger partial charge is 0.232 e. The summed E-state index contributed by atoms with van der Waals surface area (Å²) in [4.78, 5) is 4.35. The molecule has 0 aliphatic carbocycles. The zero-order valence-corrected chi connectivity index (χ0v) is 17.0. The van der Waals surface area contributed by atoms with Crippen LogP contribution in [0.25, 0.3) is 11.4 Å². The highest BCUT2D eigenvalue weighted by atomic mass is 35.5. The molecular formula is C21H22ClN7. The molecule has 148 valence electrons. The summed E-state index contributed by atoms with van der Waals surface area (Å²) < 4.78 is 1.76. The molecule has 0 fully saturated rings. The van der Waals surface area contributed by atoms with E-state index in [-0.39, 0.29) is 0 Å². The van der Waals surface area contributed by atoms with Gasteiger partial charge in [-0.05, 0) is 46.3 Å². The first-order chi connectivity index (χ1) is 14.2. The summed E-state index contributed by atoms with van der Waals surface area (Å²) in [6.45, 7) is 2.78. The smallest absolute Gasteiger partial charge is 0.221 e.